The molecule has 0 N–H and O–H groups in total. The molecular weight excluding hydrogens is 248 g/mol. The molecule has 0 atom stereocenters. The van der Waals surface area contributed by atoms with Gasteiger partial charge in [-0.15, -0.1) is 0 Å². The third-order valence-corrected chi connectivity index (χ3v) is 4.15. The summed E-state index contributed by atoms with van der Waals surface area (Å²) in [5.41, 5.74) is 4.82. The summed E-state index contributed by atoms with van der Waals surface area (Å²) < 4.78 is 2.21. The summed E-state index contributed by atoms with van der Waals surface area (Å²) in [6.07, 6.45) is 1.54. The van der Waals surface area contributed by atoms with E-state index in [2.05, 4.69) is 36.6 Å². The zero-order valence-electron chi connectivity index (χ0n) is 12.1. The van der Waals surface area contributed by atoms with Gasteiger partial charge >= 0.3 is 0 Å². The average Bonchev–Trinajstić information content (AvgIpc) is 3.01. The molecule has 2 aromatic rings. The van der Waals surface area contributed by atoms with Crippen molar-refractivity contribution in [2.75, 3.05) is 11.4 Å². The molecule has 0 fully saturated rings. The van der Waals surface area contributed by atoms with Crippen LogP contribution in [0.4, 0.5) is 5.69 Å². The average molecular weight is 268 g/mol. The molecule has 1 amide bonds. The van der Waals surface area contributed by atoms with Gasteiger partial charge in [-0.25, -0.2) is 0 Å². The molecule has 1 aliphatic heterocycles. The van der Waals surface area contributed by atoms with Gasteiger partial charge in [0.1, 0.15) is 0 Å². The van der Waals surface area contributed by atoms with Gasteiger partial charge in [-0.2, -0.15) is 0 Å². The number of benzene rings is 1. The first-order chi connectivity index (χ1) is 9.66. The minimum Gasteiger partial charge on any atom is -0.349 e. The Balaban J connectivity index is 1.69. The molecular formula is C17H20N2O. The molecule has 0 saturated heterocycles. The van der Waals surface area contributed by atoms with E-state index in [0.717, 1.165) is 25.2 Å². The second-order valence-electron chi connectivity index (χ2n) is 5.44. The van der Waals surface area contributed by atoms with Crippen LogP contribution in [0, 0.1) is 13.8 Å². The van der Waals surface area contributed by atoms with E-state index in [1.165, 1.54) is 17.0 Å². The van der Waals surface area contributed by atoms with Gasteiger partial charge in [0.25, 0.3) is 0 Å². The first-order valence-electron chi connectivity index (χ1n) is 7.18. The van der Waals surface area contributed by atoms with Crippen LogP contribution < -0.4 is 4.90 Å². The molecule has 3 heteroatoms. The summed E-state index contributed by atoms with van der Waals surface area (Å²) in [6, 6.07) is 12.4. The Bertz CT molecular complexity index is 623. The number of carbonyl (C=O) groups excluding carboxylic acids is 1. The van der Waals surface area contributed by atoms with Crippen molar-refractivity contribution in [3.8, 4) is 0 Å². The molecule has 0 radical (unpaired) electrons. The Morgan fingerprint density at radius 1 is 1.10 bits per heavy atom. The maximum absolute atomic E-state index is 12.4. The molecule has 0 saturated carbocycles. The van der Waals surface area contributed by atoms with Crippen molar-refractivity contribution in [1.82, 2.24) is 4.57 Å². The Morgan fingerprint density at radius 2 is 1.80 bits per heavy atom. The monoisotopic (exact) mass is 268 g/mol. The molecule has 3 rings (SSSR count). The second-order valence-corrected chi connectivity index (χ2v) is 5.44. The highest BCUT2D eigenvalue weighted by molar-refractivity contribution is 5.95. The number of nitrogens with zero attached hydrogens (tertiary/aromatic N) is 2. The van der Waals surface area contributed by atoms with E-state index in [-0.39, 0.29) is 5.91 Å². The van der Waals surface area contributed by atoms with Crippen molar-refractivity contribution in [3.05, 3.63) is 53.3 Å². The van der Waals surface area contributed by atoms with Gasteiger partial charge in [-0.3, -0.25) is 4.79 Å². The summed E-state index contributed by atoms with van der Waals surface area (Å²) in [5, 5.41) is 0. The number of anilines is 1. The normalized spacial score (nSPS) is 13.6. The number of para-hydroxylation sites is 1. The van der Waals surface area contributed by atoms with Crippen LogP contribution in [0.3, 0.4) is 0 Å². The lowest BCUT2D eigenvalue weighted by Crippen LogP contribution is -2.29. The highest BCUT2D eigenvalue weighted by atomic mass is 16.2. The highest BCUT2D eigenvalue weighted by Gasteiger charge is 2.23. The highest BCUT2D eigenvalue weighted by Crippen LogP contribution is 2.28. The van der Waals surface area contributed by atoms with Crippen molar-refractivity contribution in [1.29, 1.82) is 0 Å². The number of aromatic nitrogens is 1. The molecule has 1 aliphatic rings. The fourth-order valence-electron chi connectivity index (χ4n) is 2.99. The molecule has 0 aliphatic carbocycles. The Kier molecular flexibility index (Phi) is 3.35. The summed E-state index contributed by atoms with van der Waals surface area (Å²) in [6.45, 7) is 5.76. The van der Waals surface area contributed by atoms with Crippen LogP contribution in [0.25, 0.3) is 0 Å². The standard InChI is InChI=1S/C17H20N2O/c1-13-7-8-14(2)18(13)12-10-17(20)19-11-9-15-5-3-4-6-16(15)19/h3-8H,9-12H2,1-2H3. The summed E-state index contributed by atoms with van der Waals surface area (Å²) in [4.78, 5) is 14.4. The lowest BCUT2D eigenvalue weighted by molar-refractivity contribution is -0.118. The van der Waals surface area contributed by atoms with E-state index in [4.69, 9.17) is 0 Å². The Labute approximate surface area is 119 Å². The third-order valence-electron chi connectivity index (χ3n) is 4.15. The summed E-state index contributed by atoms with van der Waals surface area (Å²) in [7, 11) is 0. The Morgan fingerprint density at radius 3 is 2.55 bits per heavy atom. The minimum atomic E-state index is 0.224. The third kappa shape index (κ3) is 2.24. The molecule has 1 aromatic heterocycles. The topological polar surface area (TPSA) is 25.2 Å². The van der Waals surface area contributed by atoms with E-state index in [1.807, 2.05) is 23.1 Å². The van der Waals surface area contributed by atoms with Crippen LogP contribution in [0.1, 0.15) is 23.4 Å². The number of carbonyl (C=O) groups is 1. The van der Waals surface area contributed by atoms with Crippen molar-refractivity contribution >= 4 is 11.6 Å². The predicted octanol–water partition coefficient (Wildman–Crippen LogP) is 3.08. The lowest BCUT2D eigenvalue weighted by atomic mass is 10.2. The van der Waals surface area contributed by atoms with Crippen LogP contribution in [0.2, 0.25) is 0 Å². The van der Waals surface area contributed by atoms with Crippen LogP contribution in [-0.4, -0.2) is 17.0 Å². The zero-order chi connectivity index (χ0) is 14.1. The smallest absolute Gasteiger partial charge is 0.228 e. The molecule has 104 valence electrons. The van der Waals surface area contributed by atoms with Gasteiger partial charge in [-0.05, 0) is 44.0 Å². The largest absolute Gasteiger partial charge is 0.349 e. The number of rotatable bonds is 3. The minimum absolute atomic E-state index is 0.224. The fraction of sp³-hybridized carbons (Fsp3) is 0.353. The molecule has 20 heavy (non-hydrogen) atoms. The second kappa shape index (κ2) is 5.16. The number of hydrogen-bond donors (Lipinski definition) is 0. The van der Waals surface area contributed by atoms with Crippen LogP contribution in [0.15, 0.2) is 36.4 Å². The number of fused-ring (bicyclic) bond motifs is 1. The van der Waals surface area contributed by atoms with Crippen LogP contribution in [0.5, 0.6) is 0 Å². The molecule has 1 aromatic carbocycles. The van der Waals surface area contributed by atoms with E-state index >= 15 is 0 Å². The van der Waals surface area contributed by atoms with Gasteiger partial charge < -0.3 is 9.47 Å². The van der Waals surface area contributed by atoms with Crippen LogP contribution in [-0.2, 0) is 17.8 Å². The maximum atomic E-state index is 12.4. The maximum Gasteiger partial charge on any atom is 0.228 e. The van der Waals surface area contributed by atoms with E-state index in [9.17, 15) is 4.79 Å². The van der Waals surface area contributed by atoms with E-state index in [1.54, 1.807) is 0 Å². The van der Waals surface area contributed by atoms with E-state index in [0.29, 0.717) is 6.42 Å². The number of aryl methyl sites for hydroxylation is 2. The van der Waals surface area contributed by atoms with Gasteiger partial charge in [0.2, 0.25) is 5.91 Å². The van der Waals surface area contributed by atoms with Crippen molar-refractivity contribution in [3.63, 3.8) is 0 Å². The molecule has 2 heterocycles. The predicted molar refractivity (Wildman–Crippen MR) is 81.0 cm³/mol. The Hall–Kier alpha value is -2.03. The molecule has 0 bridgehead atoms. The van der Waals surface area contributed by atoms with Crippen molar-refractivity contribution in [2.45, 2.75) is 33.2 Å². The van der Waals surface area contributed by atoms with Gasteiger partial charge in [0.05, 0.1) is 0 Å². The molecule has 0 unspecified atom stereocenters. The molecule has 3 nitrogen and oxygen atoms in total. The first kappa shape index (κ1) is 13.0. The molecule has 0 spiro atoms. The van der Waals surface area contributed by atoms with E-state index < -0.39 is 0 Å². The lowest BCUT2D eigenvalue weighted by Gasteiger charge is -2.18. The summed E-state index contributed by atoms with van der Waals surface area (Å²) in [5.74, 6) is 0.224. The summed E-state index contributed by atoms with van der Waals surface area (Å²) >= 11 is 0. The SMILES string of the molecule is Cc1ccc(C)n1CCC(=O)N1CCc2ccccc21. The van der Waals surface area contributed by atoms with Gasteiger partial charge in [0, 0.05) is 36.6 Å². The number of amides is 1. The quantitative estimate of drug-likeness (QED) is 0.839. The van der Waals surface area contributed by atoms with Crippen molar-refractivity contribution < 1.29 is 4.79 Å². The van der Waals surface area contributed by atoms with Crippen molar-refractivity contribution in [2.24, 2.45) is 0 Å². The number of hydrogen-bond acceptors (Lipinski definition) is 1. The van der Waals surface area contributed by atoms with Gasteiger partial charge in [0.15, 0.2) is 0 Å². The van der Waals surface area contributed by atoms with Crippen LogP contribution >= 0.6 is 0 Å². The first-order valence-corrected chi connectivity index (χ1v) is 7.18. The zero-order valence-corrected chi connectivity index (χ0v) is 12.1. The fourth-order valence-corrected chi connectivity index (χ4v) is 2.99. The van der Waals surface area contributed by atoms with Gasteiger partial charge in [-0.1, -0.05) is 18.2 Å².